The van der Waals surface area contributed by atoms with Gasteiger partial charge in [-0.25, -0.2) is 0 Å². The van der Waals surface area contributed by atoms with E-state index in [1.165, 1.54) is 0 Å². The number of nitrogens with zero attached hydrogens (tertiary/aromatic N) is 1. The molecule has 0 heterocycles. The van der Waals surface area contributed by atoms with Crippen LogP contribution in [0.25, 0.3) is 0 Å². The second-order valence-corrected chi connectivity index (χ2v) is 2.81. The van der Waals surface area contributed by atoms with Crippen molar-refractivity contribution in [2.45, 2.75) is 0 Å². The Bertz CT molecular complexity index is 282. The van der Waals surface area contributed by atoms with Crippen molar-refractivity contribution in [2.75, 3.05) is 11.9 Å². The van der Waals surface area contributed by atoms with Crippen LogP contribution in [0.5, 0.6) is 0 Å². The zero-order valence-corrected chi connectivity index (χ0v) is 8.05. The first kappa shape index (κ1) is 9.74. The lowest BCUT2D eigenvalue weighted by Gasteiger charge is -2.05. The molecule has 13 heavy (non-hydrogen) atoms. The number of benzene rings is 1. The predicted molar refractivity (Wildman–Crippen MR) is 59.9 cm³/mol. The molecule has 0 fully saturated rings. The fourth-order valence-corrected chi connectivity index (χ4v) is 1.02. The molecule has 0 saturated heterocycles. The van der Waals surface area contributed by atoms with Crippen LogP contribution in [0.1, 0.15) is 0 Å². The van der Waals surface area contributed by atoms with Crippen LogP contribution in [-0.2, 0) is 0 Å². The number of thiocarbonyl (C=S) groups is 1. The third kappa shape index (κ3) is 3.71. The topological polar surface area (TPSA) is 26.1 Å². The van der Waals surface area contributed by atoms with Crippen molar-refractivity contribution in [1.82, 2.24) is 5.32 Å². The molecule has 1 aromatic rings. The largest absolute Gasteiger partial charge is 0.331 e. The average Bonchev–Trinajstić information content (AvgIpc) is 2.16. The molecule has 0 aliphatic carbocycles. The smallest absolute Gasteiger partial charge is 0.192 e. The maximum Gasteiger partial charge on any atom is 0.192 e. The molecular weight excluding hydrogens is 180 g/mol. The summed E-state index contributed by atoms with van der Waals surface area (Å²) in [7, 11) is 0. The molecule has 2 nitrogen and oxygen atoms in total. The maximum atomic E-state index is 4.98. The van der Waals surface area contributed by atoms with E-state index < -0.39 is 0 Å². The Morgan fingerprint density at radius 3 is 2.77 bits per heavy atom. The van der Waals surface area contributed by atoms with Crippen LogP contribution in [0.3, 0.4) is 0 Å². The lowest BCUT2D eigenvalue weighted by Crippen LogP contribution is -2.21. The van der Waals surface area contributed by atoms with Crippen LogP contribution in [0.15, 0.2) is 43.0 Å². The third-order valence-electron chi connectivity index (χ3n) is 1.39. The summed E-state index contributed by atoms with van der Waals surface area (Å²) in [5.41, 5.74) is 0.959. The molecule has 0 unspecified atom stereocenters. The minimum absolute atomic E-state index is 0.492. The molecule has 1 radical (unpaired) electrons. The molecule has 0 atom stereocenters. The first-order valence-electron chi connectivity index (χ1n) is 3.97. The lowest BCUT2D eigenvalue weighted by molar-refractivity contribution is 1.04. The van der Waals surface area contributed by atoms with Gasteiger partial charge in [0.15, 0.2) is 5.11 Å². The van der Waals surface area contributed by atoms with E-state index in [0.29, 0.717) is 11.7 Å². The van der Waals surface area contributed by atoms with Crippen molar-refractivity contribution in [2.24, 2.45) is 0 Å². The molecule has 3 heteroatoms. The molecule has 0 saturated carbocycles. The zero-order chi connectivity index (χ0) is 9.52. The zero-order valence-electron chi connectivity index (χ0n) is 7.23. The highest BCUT2D eigenvalue weighted by Crippen LogP contribution is 2.04. The summed E-state index contributed by atoms with van der Waals surface area (Å²) < 4.78 is 0. The monoisotopic (exact) mass is 191 g/mol. The summed E-state index contributed by atoms with van der Waals surface area (Å²) in [5, 5.41) is 7.53. The van der Waals surface area contributed by atoms with Crippen LogP contribution in [0.2, 0.25) is 0 Å². The van der Waals surface area contributed by atoms with Gasteiger partial charge in [0, 0.05) is 5.69 Å². The van der Waals surface area contributed by atoms with Gasteiger partial charge in [0.2, 0.25) is 0 Å². The van der Waals surface area contributed by atoms with Crippen molar-refractivity contribution < 1.29 is 0 Å². The average molecular weight is 191 g/mol. The third-order valence-corrected chi connectivity index (χ3v) is 1.62. The molecule has 67 valence electrons. The van der Waals surface area contributed by atoms with Crippen LogP contribution in [-0.4, -0.2) is 11.7 Å². The molecule has 0 aromatic heterocycles. The Hall–Kier alpha value is -1.35. The number of hydrogen-bond acceptors (Lipinski definition) is 1. The van der Waals surface area contributed by atoms with Gasteiger partial charge in [-0.15, -0.1) is 6.58 Å². The number of para-hydroxylation sites is 1. The van der Waals surface area contributed by atoms with E-state index in [2.05, 4.69) is 17.2 Å². The van der Waals surface area contributed by atoms with E-state index in [9.17, 15) is 0 Å². The lowest BCUT2D eigenvalue weighted by atomic mass is 10.3. The molecular formula is C10H11N2S. The van der Waals surface area contributed by atoms with Gasteiger partial charge in [-0.3, -0.25) is 5.32 Å². The SMILES string of the molecule is C=CC[N]C(=S)Nc1ccccc1. The van der Waals surface area contributed by atoms with E-state index in [1.54, 1.807) is 6.08 Å². The summed E-state index contributed by atoms with van der Waals surface area (Å²) in [6.07, 6.45) is 1.71. The van der Waals surface area contributed by atoms with E-state index in [-0.39, 0.29) is 0 Å². The van der Waals surface area contributed by atoms with Crippen LogP contribution >= 0.6 is 12.2 Å². The van der Waals surface area contributed by atoms with E-state index >= 15 is 0 Å². The summed E-state index contributed by atoms with van der Waals surface area (Å²) >= 11 is 4.98. The van der Waals surface area contributed by atoms with Gasteiger partial charge in [-0.1, -0.05) is 24.3 Å². The highest BCUT2D eigenvalue weighted by Gasteiger charge is 1.94. The fraction of sp³-hybridized carbons (Fsp3) is 0.100. The molecule has 1 N–H and O–H groups in total. The molecule has 1 aromatic carbocycles. The summed E-state index contributed by atoms with van der Waals surface area (Å²) in [6, 6.07) is 9.72. The Kier molecular flexibility index (Phi) is 3.99. The first-order valence-corrected chi connectivity index (χ1v) is 4.38. The van der Waals surface area contributed by atoms with E-state index in [4.69, 9.17) is 12.2 Å². The number of hydrogen-bond donors (Lipinski definition) is 1. The molecule has 0 bridgehead atoms. The number of anilines is 1. The highest BCUT2D eigenvalue weighted by atomic mass is 32.1. The molecule has 0 amide bonds. The molecule has 1 rings (SSSR count). The van der Waals surface area contributed by atoms with Gasteiger partial charge in [0.1, 0.15) is 0 Å². The van der Waals surface area contributed by atoms with Crippen molar-refractivity contribution in [3.05, 3.63) is 43.0 Å². The molecule has 0 spiro atoms. The van der Waals surface area contributed by atoms with E-state index in [0.717, 1.165) is 5.69 Å². The second kappa shape index (κ2) is 5.32. The Balaban J connectivity index is 2.41. The highest BCUT2D eigenvalue weighted by molar-refractivity contribution is 7.80. The van der Waals surface area contributed by atoms with Crippen LogP contribution < -0.4 is 10.6 Å². The van der Waals surface area contributed by atoms with Gasteiger partial charge in [-0.2, -0.15) is 0 Å². The van der Waals surface area contributed by atoms with E-state index in [1.807, 2.05) is 30.3 Å². The maximum absolute atomic E-state index is 4.98. The summed E-state index contributed by atoms with van der Waals surface area (Å²) in [4.78, 5) is 0. The number of rotatable bonds is 3. The van der Waals surface area contributed by atoms with Gasteiger partial charge in [0.05, 0.1) is 6.54 Å². The minimum Gasteiger partial charge on any atom is -0.331 e. The van der Waals surface area contributed by atoms with Crippen molar-refractivity contribution in [3.63, 3.8) is 0 Å². The standard InChI is InChI=1S/C10H11N2S/c1-2-8-11-10(13)12-9-6-4-3-5-7-9/h2-7H,1,8H2,(H,12,13). The quantitative estimate of drug-likeness (QED) is 0.585. The normalized spacial score (nSPS) is 8.92. The molecule has 0 aliphatic heterocycles. The van der Waals surface area contributed by atoms with Crippen molar-refractivity contribution in [1.29, 1.82) is 0 Å². The van der Waals surface area contributed by atoms with Crippen molar-refractivity contribution in [3.8, 4) is 0 Å². The minimum atomic E-state index is 0.492. The van der Waals surface area contributed by atoms with Crippen molar-refractivity contribution >= 4 is 23.0 Å². The Morgan fingerprint density at radius 2 is 2.15 bits per heavy atom. The summed E-state index contributed by atoms with van der Waals surface area (Å²) in [6.45, 7) is 4.11. The summed E-state index contributed by atoms with van der Waals surface area (Å²) in [5.74, 6) is 0. The Morgan fingerprint density at radius 1 is 1.46 bits per heavy atom. The van der Waals surface area contributed by atoms with Gasteiger partial charge in [0.25, 0.3) is 0 Å². The van der Waals surface area contributed by atoms with Crippen LogP contribution in [0.4, 0.5) is 5.69 Å². The molecule has 0 aliphatic rings. The van der Waals surface area contributed by atoms with Gasteiger partial charge >= 0.3 is 0 Å². The van der Waals surface area contributed by atoms with Gasteiger partial charge in [-0.05, 0) is 24.4 Å². The Labute approximate surface area is 83.7 Å². The second-order valence-electron chi connectivity index (χ2n) is 2.43. The number of nitrogens with one attached hydrogen (secondary N) is 1. The van der Waals surface area contributed by atoms with Crippen LogP contribution in [0, 0.1) is 0 Å². The first-order chi connectivity index (χ1) is 6.33. The predicted octanol–water partition coefficient (Wildman–Crippen LogP) is 2.17. The fourth-order valence-electron chi connectivity index (χ4n) is 0.832. The van der Waals surface area contributed by atoms with Gasteiger partial charge < -0.3 is 5.32 Å².